The van der Waals surface area contributed by atoms with Gasteiger partial charge in [-0.2, -0.15) is 9.78 Å². The van der Waals surface area contributed by atoms with E-state index in [1.807, 2.05) is 20.1 Å². The third kappa shape index (κ3) is 3.94. The number of aromatic nitrogens is 3. The molecule has 0 amide bonds. The molecule has 0 fully saturated rings. The molecule has 0 saturated heterocycles. The van der Waals surface area contributed by atoms with Crippen LogP contribution in [0.15, 0.2) is 15.1 Å². The first-order valence-corrected chi connectivity index (χ1v) is 7.39. The summed E-state index contributed by atoms with van der Waals surface area (Å²) in [7, 11) is 0. The summed E-state index contributed by atoms with van der Waals surface area (Å²) < 4.78 is 1.35. The van der Waals surface area contributed by atoms with Gasteiger partial charge in [-0.05, 0) is 25.0 Å². The zero-order valence-electron chi connectivity index (χ0n) is 11.4. The molecule has 0 bridgehead atoms. The molecular formula is C12H20N4OS. The molecule has 5 nitrogen and oxygen atoms in total. The van der Waals surface area contributed by atoms with Crippen molar-refractivity contribution >= 4 is 18.0 Å². The minimum absolute atomic E-state index is 0.153. The third-order valence-electron chi connectivity index (χ3n) is 2.31. The molecule has 18 heavy (non-hydrogen) atoms. The standard InChI is InChI=1S/C12H20N4OS/c1-5-6-7-10-11(17)16(13-8-9(2)3)12(18-4)15-14-10/h8-9H,5-7H2,1-4H3. The van der Waals surface area contributed by atoms with Crippen molar-refractivity contribution < 1.29 is 0 Å². The Bertz CT molecular complexity index is 468. The topological polar surface area (TPSA) is 60.1 Å². The van der Waals surface area contributed by atoms with E-state index in [1.165, 1.54) is 16.4 Å². The number of hydrogen-bond acceptors (Lipinski definition) is 5. The minimum atomic E-state index is -0.153. The molecule has 0 aromatic carbocycles. The second-order valence-corrected chi connectivity index (χ2v) is 5.14. The highest BCUT2D eigenvalue weighted by molar-refractivity contribution is 7.98. The lowest BCUT2D eigenvalue weighted by Gasteiger charge is -2.06. The van der Waals surface area contributed by atoms with E-state index in [1.54, 1.807) is 6.21 Å². The van der Waals surface area contributed by atoms with E-state index in [9.17, 15) is 4.79 Å². The van der Waals surface area contributed by atoms with Crippen LogP contribution in [0.1, 0.15) is 39.3 Å². The molecule has 1 heterocycles. The van der Waals surface area contributed by atoms with Gasteiger partial charge in [-0.25, -0.2) is 0 Å². The van der Waals surface area contributed by atoms with Gasteiger partial charge in [-0.1, -0.05) is 39.0 Å². The van der Waals surface area contributed by atoms with Crippen LogP contribution < -0.4 is 5.56 Å². The summed E-state index contributed by atoms with van der Waals surface area (Å²) in [6, 6.07) is 0. The number of nitrogens with zero attached hydrogens (tertiary/aromatic N) is 4. The summed E-state index contributed by atoms with van der Waals surface area (Å²) in [5, 5.41) is 12.8. The van der Waals surface area contributed by atoms with Crippen LogP contribution in [0.2, 0.25) is 0 Å². The van der Waals surface area contributed by atoms with Gasteiger partial charge in [0.05, 0.1) is 0 Å². The first kappa shape index (κ1) is 14.9. The Kier molecular flexibility index (Phi) is 6.04. The van der Waals surface area contributed by atoms with Gasteiger partial charge in [0.15, 0.2) is 0 Å². The van der Waals surface area contributed by atoms with Crippen LogP contribution in [0.5, 0.6) is 0 Å². The van der Waals surface area contributed by atoms with E-state index in [2.05, 4.69) is 22.2 Å². The van der Waals surface area contributed by atoms with Crippen LogP contribution in [0, 0.1) is 5.92 Å². The van der Waals surface area contributed by atoms with Gasteiger partial charge >= 0.3 is 0 Å². The number of rotatable bonds is 6. The molecule has 0 aliphatic carbocycles. The zero-order chi connectivity index (χ0) is 13.5. The van der Waals surface area contributed by atoms with Gasteiger partial charge in [0.25, 0.3) is 5.56 Å². The van der Waals surface area contributed by atoms with Gasteiger partial charge < -0.3 is 0 Å². The lowest BCUT2D eigenvalue weighted by molar-refractivity contribution is 0.608. The number of unbranched alkanes of at least 4 members (excludes halogenated alkanes) is 1. The normalized spacial score (nSPS) is 11.6. The van der Waals surface area contributed by atoms with Crippen LogP contribution in [0.25, 0.3) is 0 Å². The molecule has 0 N–H and O–H groups in total. The highest BCUT2D eigenvalue weighted by atomic mass is 32.2. The number of aryl methyl sites for hydroxylation is 1. The molecule has 1 rings (SSSR count). The summed E-state index contributed by atoms with van der Waals surface area (Å²) in [6.07, 6.45) is 6.23. The molecule has 0 unspecified atom stereocenters. The summed E-state index contributed by atoms with van der Waals surface area (Å²) in [5.41, 5.74) is 0.343. The van der Waals surface area contributed by atoms with E-state index in [0.29, 0.717) is 23.2 Å². The first-order chi connectivity index (χ1) is 8.60. The third-order valence-corrected chi connectivity index (χ3v) is 2.93. The maximum absolute atomic E-state index is 12.2. The molecule has 100 valence electrons. The van der Waals surface area contributed by atoms with Crippen LogP contribution >= 0.6 is 11.8 Å². The zero-order valence-corrected chi connectivity index (χ0v) is 12.2. The largest absolute Gasteiger partial charge is 0.296 e. The molecule has 0 aliphatic heterocycles. The summed E-state index contributed by atoms with van der Waals surface area (Å²) in [4.78, 5) is 12.2. The van der Waals surface area contributed by atoms with Crippen LogP contribution in [-0.2, 0) is 6.42 Å². The fourth-order valence-corrected chi connectivity index (χ4v) is 1.75. The van der Waals surface area contributed by atoms with Gasteiger partial charge in [0.1, 0.15) is 5.69 Å². The number of thioether (sulfide) groups is 1. The Morgan fingerprint density at radius 1 is 1.44 bits per heavy atom. The molecule has 0 spiro atoms. The monoisotopic (exact) mass is 268 g/mol. The van der Waals surface area contributed by atoms with E-state index in [0.717, 1.165) is 12.8 Å². The minimum Gasteiger partial charge on any atom is -0.265 e. The van der Waals surface area contributed by atoms with Crippen molar-refractivity contribution in [1.82, 2.24) is 14.9 Å². The second kappa shape index (κ2) is 7.31. The molecule has 0 saturated carbocycles. The fraction of sp³-hybridized carbons (Fsp3) is 0.667. The van der Waals surface area contributed by atoms with E-state index in [4.69, 9.17) is 0 Å². The fourth-order valence-electron chi connectivity index (χ4n) is 1.33. The van der Waals surface area contributed by atoms with Crippen LogP contribution in [0.3, 0.4) is 0 Å². The van der Waals surface area contributed by atoms with Crippen molar-refractivity contribution in [3.05, 3.63) is 16.0 Å². The van der Waals surface area contributed by atoms with Crippen molar-refractivity contribution in [2.24, 2.45) is 11.0 Å². The molecule has 6 heteroatoms. The van der Waals surface area contributed by atoms with Crippen molar-refractivity contribution in [3.63, 3.8) is 0 Å². The highest BCUT2D eigenvalue weighted by Gasteiger charge is 2.10. The lowest BCUT2D eigenvalue weighted by Crippen LogP contribution is -2.25. The smallest absolute Gasteiger partial charge is 0.265 e. The Morgan fingerprint density at radius 3 is 2.72 bits per heavy atom. The average molecular weight is 268 g/mol. The van der Waals surface area contributed by atoms with Crippen molar-refractivity contribution in [2.45, 2.75) is 45.2 Å². The maximum atomic E-state index is 12.2. The van der Waals surface area contributed by atoms with Gasteiger partial charge in [-0.3, -0.25) is 4.79 Å². The molecule has 1 aromatic heterocycles. The predicted octanol–water partition coefficient (Wildman–Crippen LogP) is 2.19. The lowest BCUT2D eigenvalue weighted by atomic mass is 10.2. The first-order valence-electron chi connectivity index (χ1n) is 6.17. The SMILES string of the molecule is CCCCc1nnc(SC)n(N=CC(C)C)c1=O. The second-order valence-electron chi connectivity index (χ2n) is 4.36. The van der Waals surface area contributed by atoms with E-state index >= 15 is 0 Å². The predicted molar refractivity (Wildman–Crippen MR) is 75.4 cm³/mol. The summed E-state index contributed by atoms with van der Waals surface area (Å²) >= 11 is 1.37. The van der Waals surface area contributed by atoms with Gasteiger partial charge in [0, 0.05) is 6.21 Å². The van der Waals surface area contributed by atoms with Gasteiger partial charge in [-0.15, -0.1) is 10.2 Å². The average Bonchev–Trinajstić information content (AvgIpc) is 2.35. The molecule has 0 aliphatic rings. The van der Waals surface area contributed by atoms with Crippen LogP contribution in [0.4, 0.5) is 0 Å². The summed E-state index contributed by atoms with van der Waals surface area (Å²) in [5.74, 6) is 0.291. The van der Waals surface area contributed by atoms with Crippen LogP contribution in [-0.4, -0.2) is 27.3 Å². The Balaban J connectivity index is 3.14. The summed E-state index contributed by atoms with van der Waals surface area (Å²) in [6.45, 7) is 6.11. The number of hydrogen-bond donors (Lipinski definition) is 0. The van der Waals surface area contributed by atoms with E-state index < -0.39 is 0 Å². The Morgan fingerprint density at radius 2 is 2.17 bits per heavy atom. The van der Waals surface area contributed by atoms with Crippen molar-refractivity contribution in [1.29, 1.82) is 0 Å². The quantitative estimate of drug-likeness (QED) is 0.586. The molecule has 1 aromatic rings. The molecule has 0 radical (unpaired) electrons. The molecule has 0 atom stereocenters. The van der Waals surface area contributed by atoms with Gasteiger partial charge in [0.2, 0.25) is 5.16 Å². The maximum Gasteiger partial charge on any atom is 0.296 e. The Hall–Kier alpha value is -1.17. The van der Waals surface area contributed by atoms with Crippen molar-refractivity contribution in [2.75, 3.05) is 6.26 Å². The molecular weight excluding hydrogens is 248 g/mol. The Labute approximate surface area is 112 Å². The van der Waals surface area contributed by atoms with Crippen molar-refractivity contribution in [3.8, 4) is 0 Å². The highest BCUT2D eigenvalue weighted by Crippen LogP contribution is 2.08. The van der Waals surface area contributed by atoms with E-state index in [-0.39, 0.29) is 5.56 Å².